The molecule has 3 rings (SSSR count). The third-order valence-corrected chi connectivity index (χ3v) is 4.16. The summed E-state index contributed by atoms with van der Waals surface area (Å²) < 4.78 is 10.2. The second kappa shape index (κ2) is 10.2. The molecule has 0 aliphatic rings. The first-order valence-electron chi connectivity index (χ1n) is 9.32. The minimum atomic E-state index is -0.251. The van der Waals surface area contributed by atoms with E-state index in [1.54, 1.807) is 20.3 Å². The smallest absolute Gasteiger partial charge is 0.270 e. The van der Waals surface area contributed by atoms with Crippen LogP contribution in [0.4, 0.5) is 11.5 Å². The molecular formula is C22H24N4O3. The van der Waals surface area contributed by atoms with Crippen molar-refractivity contribution in [1.29, 1.82) is 0 Å². The molecule has 29 heavy (non-hydrogen) atoms. The van der Waals surface area contributed by atoms with E-state index < -0.39 is 0 Å². The van der Waals surface area contributed by atoms with Gasteiger partial charge >= 0.3 is 0 Å². The summed E-state index contributed by atoms with van der Waals surface area (Å²) in [6.45, 7) is 1.10. The van der Waals surface area contributed by atoms with Gasteiger partial charge in [-0.2, -0.15) is 0 Å². The number of nitrogens with zero attached hydrogens (tertiary/aromatic N) is 2. The molecule has 0 aliphatic carbocycles. The number of methoxy groups -OCH3 is 2. The van der Waals surface area contributed by atoms with Crippen LogP contribution in [0.15, 0.2) is 60.7 Å². The molecule has 0 bridgehead atoms. The lowest BCUT2D eigenvalue weighted by molar-refractivity contribution is 0.0943. The van der Waals surface area contributed by atoms with Gasteiger partial charge in [-0.1, -0.05) is 30.3 Å². The summed E-state index contributed by atoms with van der Waals surface area (Å²) in [4.78, 5) is 21.6. The van der Waals surface area contributed by atoms with Gasteiger partial charge in [-0.05, 0) is 30.7 Å². The normalized spacial score (nSPS) is 10.4. The Kier molecular flexibility index (Phi) is 7.13. The molecule has 0 spiro atoms. The first-order valence-corrected chi connectivity index (χ1v) is 9.32. The Morgan fingerprint density at radius 1 is 1.00 bits per heavy atom. The van der Waals surface area contributed by atoms with E-state index >= 15 is 0 Å². The molecular weight excluding hydrogens is 368 g/mol. The lowest BCUT2D eigenvalue weighted by atomic mass is 10.2. The average Bonchev–Trinajstić information content (AvgIpc) is 2.77. The summed E-state index contributed by atoms with van der Waals surface area (Å²) in [5.41, 5.74) is 1.96. The molecule has 150 valence electrons. The van der Waals surface area contributed by atoms with Crippen molar-refractivity contribution in [2.45, 2.75) is 6.42 Å². The summed E-state index contributed by atoms with van der Waals surface area (Å²) in [5.74, 6) is 1.52. The maximum atomic E-state index is 12.6. The fourth-order valence-corrected chi connectivity index (χ4v) is 2.68. The van der Waals surface area contributed by atoms with Crippen LogP contribution in [0.3, 0.4) is 0 Å². The van der Waals surface area contributed by atoms with Gasteiger partial charge < -0.3 is 20.1 Å². The van der Waals surface area contributed by atoms with Gasteiger partial charge in [-0.3, -0.25) is 4.79 Å². The van der Waals surface area contributed by atoms with E-state index in [0.29, 0.717) is 30.5 Å². The number of hydrogen-bond acceptors (Lipinski definition) is 6. The highest BCUT2D eigenvalue weighted by Crippen LogP contribution is 2.22. The Bertz CT molecular complexity index is 931. The highest BCUT2D eigenvalue weighted by Gasteiger charge is 2.13. The zero-order chi connectivity index (χ0) is 20.5. The number of nitrogens with one attached hydrogen (secondary N) is 2. The Hall–Kier alpha value is -3.45. The molecule has 0 radical (unpaired) electrons. The fourth-order valence-electron chi connectivity index (χ4n) is 2.68. The van der Waals surface area contributed by atoms with Gasteiger partial charge in [0.1, 0.15) is 17.3 Å². The summed E-state index contributed by atoms with van der Waals surface area (Å²) in [6, 6.07) is 18.7. The first-order chi connectivity index (χ1) is 14.2. The number of benzene rings is 2. The van der Waals surface area contributed by atoms with Crippen LogP contribution in [-0.4, -0.2) is 43.2 Å². The minimum Gasteiger partial charge on any atom is -0.497 e. The SMILES string of the molecule is COCCCNC(=O)c1cc(Nc2ccc(OC)cc2)nc(-c2ccccc2)n1. The number of aromatic nitrogens is 2. The molecule has 2 N–H and O–H groups in total. The molecule has 0 unspecified atom stereocenters. The predicted molar refractivity (Wildman–Crippen MR) is 113 cm³/mol. The van der Waals surface area contributed by atoms with Crippen LogP contribution in [0.1, 0.15) is 16.9 Å². The van der Waals surface area contributed by atoms with Crippen LogP contribution < -0.4 is 15.4 Å². The molecule has 0 saturated heterocycles. The predicted octanol–water partition coefficient (Wildman–Crippen LogP) is 3.66. The van der Waals surface area contributed by atoms with Crippen molar-refractivity contribution < 1.29 is 14.3 Å². The number of anilines is 2. The van der Waals surface area contributed by atoms with Crippen molar-refractivity contribution in [2.75, 3.05) is 32.7 Å². The molecule has 0 atom stereocenters. The van der Waals surface area contributed by atoms with Crippen LogP contribution in [0.25, 0.3) is 11.4 Å². The number of rotatable bonds is 9. The van der Waals surface area contributed by atoms with Gasteiger partial charge in [0.15, 0.2) is 5.82 Å². The number of carbonyl (C=O) groups is 1. The molecule has 0 saturated carbocycles. The van der Waals surface area contributed by atoms with Gasteiger partial charge in [0.05, 0.1) is 7.11 Å². The Balaban J connectivity index is 1.86. The van der Waals surface area contributed by atoms with Crippen molar-refractivity contribution in [2.24, 2.45) is 0 Å². The van der Waals surface area contributed by atoms with Crippen LogP contribution in [0.2, 0.25) is 0 Å². The van der Waals surface area contributed by atoms with E-state index in [-0.39, 0.29) is 5.91 Å². The van der Waals surface area contributed by atoms with Gasteiger partial charge in [0, 0.05) is 37.6 Å². The molecule has 1 heterocycles. The second-order valence-corrected chi connectivity index (χ2v) is 6.28. The van der Waals surface area contributed by atoms with Crippen LogP contribution in [0.5, 0.6) is 5.75 Å². The van der Waals surface area contributed by atoms with Crippen molar-refractivity contribution in [1.82, 2.24) is 15.3 Å². The number of hydrogen-bond donors (Lipinski definition) is 2. The topological polar surface area (TPSA) is 85.4 Å². The maximum absolute atomic E-state index is 12.6. The molecule has 7 heteroatoms. The molecule has 1 aromatic heterocycles. The monoisotopic (exact) mass is 392 g/mol. The van der Waals surface area contributed by atoms with E-state index in [2.05, 4.69) is 20.6 Å². The second-order valence-electron chi connectivity index (χ2n) is 6.28. The van der Waals surface area contributed by atoms with Crippen molar-refractivity contribution >= 4 is 17.4 Å². The van der Waals surface area contributed by atoms with E-state index in [1.165, 1.54) is 0 Å². The Morgan fingerprint density at radius 2 is 1.76 bits per heavy atom. The standard InChI is InChI=1S/C22H24N4O3/c1-28-14-6-13-23-22(27)19-15-20(24-17-9-11-18(29-2)12-10-17)26-21(25-19)16-7-4-3-5-8-16/h3-5,7-12,15H,6,13-14H2,1-2H3,(H,23,27)(H,24,25,26). The molecule has 0 aliphatic heterocycles. The lowest BCUT2D eigenvalue weighted by Crippen LogP contribution is -2.26. The highest BCUT2D eigenvalue weighted by molar-refractivity contribution is 5.93. The Morgan fingerprint density at radius 3 is 2.45 bits per heavy atom. The van der Waals surface area contributed by atoms with E-state index in [4.69, 9.17) is 9.47 Å². The van der Waals surface area contributed by atoms with E-state index in [1.807, 2.05) is 54.6 Å². The largest absolute Gasteiger partial charge is 0.497 e. The quantitative estimate of drug-likeness (QED) is 0.541. The first kappa shape index (κ1) is 20.3. The van der Waals surface area contributed by atoms with Gasteiger partial charge in [0.25, 0.3) is 5.91 Å². The molecule has 2 aromatic carbocycles. The fraction of sp³-hybridized carbons (Fsp3) is 0.227. The zero-order valence-electron chi connectivity index (χ0n) is 16.5. The van der Waals surface area contributed by atoms with Crippen molar-refractivity contribution in [3.05, 3.63) is 66.4 Å². The molecule has 3 aromatic rings. The summed E-state index contributed by atoms with van der Waals surface area (Å²) in [6.07, 6.45) is 0.732. The molecule has 7 nitrogen and oxygen atoms in total. The average molecular weight is 392 g/mol. The van der Waals surface area contributed by atoms with E-state index in [0.717, 1.165) is 23.4 Å². The van der Waals surface area contributed by atoms with Crippen LogP contribution in [0, 0.1) is 0 Å². The highest BCUT2D eigenvalue weighted by atomic mass is 16.5. The van der Waals surface area contributed by atoms with Crippen LogP contribution >= 0.6 is 0 Å². The summed E-state index contributed by atoms with van der Waals surface area (Å²) in [5, 5.41) is 6.10. The number of ether oxygens (including phenoxy) is 2. The third-order valence-electron chi connectivity index (χ3n) is 4.16. The summed E-state index contributed by atoms with van der Waals surface area (Å²) >= 11 is 0. The van der Waals surface area contributed by atoms with Crippen molar-refractivity contribution in [3.8, 4) is 17.1 Å². The zero-order valence-corrected chi connectivity index (χ0v) is 16.5. The number of carbonyl (C=O) groups excluding carboxylic acids is 1. The minimum absolute atomic E-state index is 0.251. The van der Waals surface area contributed by atoms with Gasteiger partial charge in [-0.15, -0.1) is 0 Å². The maximum Gasteiger partial charge on any atom is 0.270 e. The Labute approximate surface area is 170 Å². The summed E-state index contributed by atoms with van der Waals surface area (Å²) in [7, 11) is 3.26. The third kappa shape index (κ3) is 5.76. The lowest BCUT2D eigenvalue weighted by Gasteiger charge is -2.11. The molecule has 0 fully saturated rings. The number of amides is 1. The van der Waals surface area contributed by atoms with Crippen LogP contribution in [-0.2, 0) is 4.74 Å². The molecule has 1 amide bonds. The van der Waals surface area contributed by atoms with Gasteiger partial charge in [0.2, 0.25) is 0 Å². The van der Waals surface area contributed by atoms with Gasteiger partial charge in [-0.25, -0.2) is 9.97 Å². The van der Waals surface area contributed by atoms with Crippen molar-refractivity contribution in [3.63, 3.8) is 0 Å². The van der Waals surface area contributed by atoms with E-state index in [9.17, 15) is 4.79 Å².